The normalized spacial score (nSPS) is 12.5. The molecule has 0 saturated heterocycles. The number of ether oxygens (including phenoxy) is 1. The van der Waals surface area contributed by atoms with Gasteiger partial charge in [-0.2, -0.15) is 0 Å². The van der Waals surface area contributed by atoms with E-state index in [0.29, 0.717) is 32.7 Å². The van der Waals surface area contributed by atoms with E-state index in [1.165, 1.54) is 7.11 Å². The minimum Gasteiger partial charge on any atom is -0.495 e. The molecule has 0 aliphatic rings. The molecule has 142 valence electrons. The van der Waals surface area contributed by atoms with Gasteiger partial charge in [0.2, 0.25) is 0 Å². The number of benzene rings is 2. The Balaban J connectivity index is 2.13. The van der Waals surface area contributed by atoms with Gasteiger partial charge in [0, 0.05) is 11.3 Å². The number of aliphatic hydroxyl groups excluding tert-OH is 1. The molecule has 5 N–H and O–H groups in total. The number of hydrogen-bond donors (Lipinski definition) is 5. The van der Waals surface area contributed by atoms with Crippen molar-refractivity contribution in [1.82, 2.24) is 0 Å². The average Bonchev–Trinajstić information content (AvgIpc) is 2.57. The van der Waals surface area contributed by atoms with E-state index in [0.717, 1.165) is 0 Å². The third-order valence-corrected chi connectivity index (χ3v) is 4.46. The zero-order chi connectivity index (χ0) is 19.3. The smallest absolute Gasteiger partial charge is 0.471 e. The molecule has 8 nitrogen and oxygen atoms in total. The standard InChI is InChI=1S/C15H17Cl2N2O6P/c1-24-14-5-2-9(6-13(14)18-8-25-26(21,22)23)15(20)19-10-3-4-11(16)12(17)7-10/h2-7,15,18-20H,8H2,1H3,(H2,21,22,23). The minimum atomic E-state index is -4.60. The fourth-order valence-corrected chi connectivity index (χ4v) is 2.59. The molecular formula is C15H17Cl2N2O6P. The molecule has 0 radical (unpaired) electrons. The predicted octanol–water partition coefficient (Wildman–Crippen LogP) is 3.58. The summed E-state index contributed by atoms with van der Waals surface area (Å²) in [6.07, 6.45) is -1.08. The summed E-state index contributed by atoms with van der Waals surface area (Å²) in [4.78, 5) is 17.4. The third kappa shape index (κ3) is 6.03. The molecule has 2 rings (SSSR count). The van der Waals surface area contributed by atoms with Gasteiger partial charge in [0.1, 0.15) is 12.5 Å². The van der Waals surface area contributed by atoms with Crippen LogP contribution in [0.4, 0.5) is 11.4 Å². The third-order valence-electron chi connectivity index (χ3n) is 3.26. The van der Waals surface area contributed by atoms with Gasteiger partial charge in [-0.25, -0.2) is 4.57 Å². The fourth-order valence-electron chi connectivity index (χ4n) is 2.06. The second-order valence-electron chi connectivity index (χ2n) is 5.08. The molecule has 0 aliphatic heterocycles. The van der Waals surface area contributed by atoms with Gasteiger partial charge in [0.15, 0.2) is 6.23 Å². The molecule has 2 aromatic rings. The van der Waals surface area contributed by atoms with Crippen molar-refractivity contribution in [3.63, 3.8) is 0 Å². The van der Waals surface area contributed by atoms with Crippen LogP contribution >= 0.6 is 31.0 Å². The van der Waals surface area contributed by atoms with E-state index in [1.54, 1.807) is 36.4 Å². The molecule has 0 aliphatic carbocycles. The summed E-state index contributed by atoms with van der Waals surface area (Å²) in [6.45, 7) is -0.444. The number of nitrogens with one attached hydrogen (secondary N) is 2. The van der Waals surface area contributed by atoms with Crippen LogP contribution in [0, 0.1) is 0 Å². The van der Waals surface area contributed by atoms with Crippen LogP contribution in [0.25, 0.3) is 0 Å². The van der Waals surface area contributed by atoms with Gasteiger partial charge in [-0.3, -0.25) is 4.52 Å². The van der Waals surface area contributed by atoms with Gasteiger partial charge in [-0.05, 0) is 30.3 Å². The number of halogens is 2. The van der Waals surface area contributed by atoms with E-state index in [4.69, 9.17) is 37.7 Å². The molecule has 0 saturated carbocycles. The quantitative estimate of drug-likeness (QED) is 0.323. The van der Waals surface area contributed by atoms with E-state index in [-0.39, 0.29) is 0 Å². The van der Waals surface area contributed by atoms with Crippen LogP contribution in [0.5, 0.6) is 5.75 Å². The van der Waals surface area contributed by atoms with Gasteiger partial charge >= 0.3 is 7.82 Å². The number of phosphoric ester groups is 1. The summed E-state index contributed by atoms with van der Waals surface area (Å²) in [5.41, 5.74) is 1.41. The molecular weight excluding hydrogens is 406 g/mol. The highest BCUT2D eigenvalue weighted by atomic mass is 35.5. The summed E-state index contributed by atoms with van der Waals surface area (Å²) in [7, 11) is -3.16. The molecule has 0 fully saturated rings. The zero-order valence-corrected chi connectivity index (χ0v) is 15.9. The van der Waals surface area contributed by atoms with Crippen molar-refractivity contribution < 1.29 is 28.7 Å². The van der Waals surface area contributed by atoms with Gasteiger partial charge in [0.05, 0.1) is 22.8 Å². The van der Waals surface area contributed by atoms with E-state index in [2.05, 4.69) is 15.2 Å². The lowest BCUT2D eigenvalue weighted by atomic mass is 10.1. The van der Waals surface area contributed by atoms with E-state index in [9.17, 15) is 9.67 Å². The molecule has 0 amide bonds. The summed E-state index contributed by atoms with van der Waals surface area (Å²) in [6, 6.07) is 9.60. The highest BCUT2D eigenvalue weighted by Gasteiger charge is 2.15. The Kier molecular flexibility index (Phi) is 7.14. The molecule has 0 bridgehead atoms. The predicted molar refractivity (Wildman–Crippen MR) is 99.7 cm³/mol. The van der Waals surface area contributed by atoms with Crippen LogP contribution in [0.2, 0.25) is 10.0 Å². The van der Waals surface area contributed by atoms with Crippen molar-refractivity contribution in [2.45, 2.75) is 6.23 Å². The van der Waals surface area contributed by atoms with E-state index < -0.39 is 20.8 Å². The second-order valence-corrected chi connectivity index (χ2v) is 7.13. The lowest BCUT2D eigenvalue weighted by molar-refractivity contribution is 0.206. The lowest BCUT2D eigenvalue weighted by Gasteiger charge is -2.18. The van der Waals surface area contributed by atoms with Crippen LogP contribution in [0.1, 0.15) is 11.8 Å². The molecule has 1 atom stereocenters. The van der Waals surface area contributed by atoms with Crippen LogP contribution in [0.15, 0.2) is 36.4 Å². The highest BCUT2D eigenvalue weighted by Crippen LogP contribution is 2.36. The van der Waals surface area contributed by atoms with Crippen molar-refractivity contribution in [2.24, 2.45) is 0 Å². The maximum absolute atomic E-state index is 10.7. The van der Waals surface area contributed by atoms with Crippen molar-refractivity contribution in [2.75, 3.05) is 24.5 Å². The first-order valence-corrected chi connectivity index (χ1v) is 9.50. The Labute approximate surface area is 159 Å². The summed E-state index contributed by atoms with van der Waals surface area (Å²) in [5.74, 6) is 0.407. The van der Waals surface area contributed by atoms with E-state index >= 15 is 0 Å². The molecule has 0 aromatic heterocycles. The van der Waals surface area contributed by atoms with Crippen LogP contribution in [0.3, 0.4) is 0 Å². The maximum atomic E-state index is 10.7. The molecule has 1 unspecified atom stereocenters. The van der Waals surface area contributed by atoms with Crippen molar-refractivity contribution in [3.05, 3.63) is 52.0 Å². The van der Waals surface area contributed by atoms with E-state index in [1.807, 2.05) is 0 Å². The minimum absolute atomic E-state index is 0.343. The summed E-state index contributed by atoms with van der Waals surface area (Å²) < 4.78 is 20.2. The second kappa shape index (κ2) is 8.92. The SMILES string of the molecule is COc1ccc(C(O)Nc2ccc(Cl)c(Cl)c2)cc1NCOP(=O)(O)O. The first-order chi connectivity index (χ1) is 12.2. The van der Waals surface area contributed by atoms with Gasteiger partial charge in [-0.15, -0.1) is 0 Å². The number of rotatable bonds is 8. The molecule has 0 spiro atoms. The molecule has 0 heterocycles. The van der Waals surface area contributed by atoms with Crippen LogP contribution < -0.4 is 15.4 Å². The Bertz CT molecular complexity index is 817. The van der Waals surface area contributed by atoms with Gasteiger partial charge < -0.3 is 30.3 Å². The van der Waals surface area contributed by atoms with Crippen molar-refractivity contribution in [1.29, 1.82) is 0 Å². The maximum Gasteiger partial charge on any atom is 0.471 e. The average molecular weight is 423 g/mol. The Morgan fingerprint density at radius 1 is 1.15 bits per heavy atom. The Morgan fingerprint density at radius 3 is 2.50 bits per heavy atom. The first-order valence-electron chi connectivity index (χ1n) is 7.21. The highest BCUT2D eigenvalue weighted by molar-refractivity contribution is 7.46. The largest absolute Gasteiger partial charge is 0.495 e. The number of methoxy groups -OCH3 is 1. The Hall–Kier alpha value is -1.51. The molecule has 2 aromatic carbocycles. The van der Waals surface area contributed by atoms with Crippen molar-refractivity contribution in [3.8, 4) is 5.75 Å². The number of hydrogen-bond acceptors (Lipinski definition) is 6. The molecule has 26 heavy (non-hydrogen) atoms. The van der Waals surface area contributed by atoms with Crippen molar-refractivity contribution >= 4 is 42.4 Å². The first kappa shape index (κ1) is 20.8. The summed E-state index contributed by atoms with van der Waals surface area (Å²) >= 11 is 11.8. The fraction of sp³-hybridized carbons (Fsp3) is 0.200. The molecule has 11 heteroatoms. The number of phosphoric acid groups is 1. The van der Waals surface area contributed by atoms with Gasteiger partial charge in [-0.1, -0.05) is 29.3 Å². The van der Waals surface area contributed by atoms with Crippen LogP contribution in [-0.2, 0) is 9.09 Å². The monoisotopic (exact) mass is 422 g/mol. The Morgan fingerprint density at radius 2 is 1.88 bits per heavy atom. The number of aliphatic hydroxyl groups is 1. The topological polar surface area (TPSA) is 120 Å². The van der Waals surface area contributed by atoms with Crippen LogP contribution in [-0.4, -0.2) is 28.7 Å². The summed E-state index contributed by atoms with van der Waals surface area (Å²) in [5, 5.41) is 16.6. The zero-order valence-electron chi connectivity index (χ0n) is 13.5. The van der Waals surface area contributed by atoms with Gasteiger partial charge in [0.25, 0.3) is 0 Å². The lowest BCUT2D eigenvalue weighted by Crippen LogP contribution is -2.11. The number of anilines is 2.